The average Bonchev–Trinajstić information content (AvgIpc) is 2.65. The molecule has 96 valence electrons. The van der Waals surface area contributed by atoms with Crippen molar-refractivity contribution in [1.82, 2.24) is 9.96 Å². The molecule has 0 spiro atoms. The summed E-state index contributed by atoms with van der Waals surface area (Å²) >= 11 is 0. The van der Waals surface area contributed by atoms with E-state index in [-0.39, 0.29) is 11.8 Å². The van der Waals surface area contributed by atoms with Crippen molar-refractivity contribution in [2.75, 3.05) is 26.7 Å². The summed E-state index contributed by atoms with van der Waals surface area (Å²) in [6.07, 6.45) is 0. The summed E-state index contributed by atoms with van der Waals surface area (Å²) in [6.45, 7) is 3.51. The topological polar surface area (TPSA) is 49.9 Å². The molecule has 0 unspecified atom stereocenters. The van der Waals surface area contributed by atoms with Crippen LogP contribution in [0.25, 0.3) is 0 Å². The largest absolute Gasteiger partial charge is 0.302 e. The van der Waals surface area contributed by atoms with Crippen LogP contribution in [-0.2, 0) is 4.84 Å². The molecule has 5 nitrogen and oxygen atoms in total. The predicted molar refractivity (Wildman–Crippen MR) is 66.1 cm³/mol. The lowest BCUT2D eigenvalue weighted by Gasteiger charge is -2.20. The van der Waals surface area contributed by atoms with Gasteiger partial charge < -0.3 is 4.84 Å². The van der Waals surface area contributed by atoms with Gasteiger partial charge in [-0.25, -0.2) is 0 Å². The van der Waals surface area contributed by atoms with Crippen molar-refractivity contribution in [2.24, 2.45) is 0 Å². The molecule has 0 saturated carbocycles. The second-order valence-corrected chi connectivity index (χ2v) is 4.01. The molecule has 1 aromatic rings. The van der Waals surface area contributed by atoms with Crippen molar-refractivity contribution in [3.8, 4) is 0 Å². The van der Waals surface area contributed by atoms with Gasteiger partial charge in [0.2, 0.25) is 0 Å². The van der Waals surface area contributed by atoms with E-state index in [0.717, 1.165) is 0 Å². The van der Waals surface area contributed by atoms with Crippen LogP contribution in [0, 0.1) is 0 Å². The number of hydrogen-bond acceptors (Lipinski definition) is 4. The van der Waals surface area contributed by atoms with E-state index in [1.165, 1.54) is 4.90 Å². The van der Waals surface area contributed by atoms with Crippen molar-refractivity contribution < 1.29 is 14.4 Å². The molecule has 5 heteroatoms. The minimum absolute atomic E-state index is 0.220. The number of amides is 2. The molecule has 0 aliphatic carbocycles. The Morgan fingerprint density at radius 1 is 1.17 bits per heavy atom. The minimum Gasteiger partial charge on any atom is -0.302 e. The van der Waals surface area contributed by atoms with Crippen molar-refractivity contribution in [3.63, 3.8) is 0 Å². The highest BCUT2D eigenvalue weighted by atomic mass is 16.7. The van der Waals surface area contributed by atoms with Crippen LogP contribution in [0.2, 0.25) is 0 Å². The fourth-order valence-corrected chi connectivity index (χ4v) is 2.03. The molecule has 0 radical (unpaired) electrons. The van der Waals surface area contributed by atoms with Crippen LogP contribution in [-0.4, -0.2) is 48.5 Å². The summed E-state index contributed by atoms with van der Waals surface area (Å²) in [4.78, 5) is 30.4. The number of rotatable bonds is 5. The van der Waals surface area contributed by atoms with Crippen LogP contribution in [0.5, 0.6) is 0 Å². The van der Waals surface area contributed by atoms with Crippen LogP contribution in [0.4, 0.5) is 0 Å². The van der Waals surface area contributed by atoms with E-state index in [1.807, 2.05) is 6.92 Å². The normalized spacial score (nSPS) is 14.5. The summed E-state index contributed by atoms with van der Waals surface area (Å²) in [6, 6.07) is 6.90. The Morgan fingerprint density at radius 3 is 2.17 bits per heavy atom. The number of carbonyl (C=O) groups excluding carboxylic acids is 2. The van der Waals surface area contributed by atoms with Gasteiger partial charge >= 0.3 is 0 Å². The Balaban J connectivity index is 2.09. The van der Waals surface area contributed by atoms with Crippen molar-refractivity contribution in [3.05, 3.63) is 35.4 Å². The van der Waals surface area contributed by atoms with Gasteiger partial charge in [-0.1, -0.05) is 19.1 Å². The lowest BCUT2D eigenvalue weighted by Crippen LogP contribution is -2.37. The third-order valence-electron chi connectivity index (χ3n) is 3.06. The third kappa shape index (κ3) is 2.14. The van der Waals surface area contributed by atoms with Gasteiger partial charge in [0.1, 0.15) is 0 Å². The molecule has 1 heterocycles. The quantitative estimate of drug-likeness (QED) is 0.579. The Morgan fingerprint density at radius 2 is 1.72 bits per heavy atom. The van der Waals surface area contributed by atoms with E-state index in [0.29, 0.717) is 30.8 Å². The zero-order valence-electron chi connectivity index (χ0n) is 10.5. The highest BCUT2D eigenvalue weighted by Gasteiger charge is 2.34. The number of hydrogen-bond donors (Lipinski definition) is 0. The molecule has 2 amide bonds. The Labute approximate surface area is 106 Å². The van der Waals surface area contributed by atoms with E-state index in [4.69, 9.17) is 4.84 Å². The van der Waals surface area contributed by atoms with Gasteiger partial charge in [-0.15, -0.1) is 0 Å². The smallest absolute Gasteiger partial charge is 0.261 e. The number of likely N-dealkylation sites (N-methyl/N-ethyl adjacent to an activating group) is 1. The van der Waals surface area contributed by atoms with Gasteiger partial charge in [-0.2, -0.15) is 5.06 Å². The number of imide groups is 1. The maximum absolute atomic E-state index is 12.0. The van der Waals surface area contributed by atoms with Gasteiger partial charge in [-0.05, 0) is 12.1 Å². The fraction of sp³-hybridized carbons (Fsp3) is 0.385. The maximum Gasteiger partial charge on any atom is 0.261 e. The predicted octanol–water partition coefficient (Wildman–Crippen LogP) is 1.17. The van der Waals surface area contributed by atoms with Crippen LogP contribution >= 0.6 is 0 Å². The van der Waals surface area contributed by atoms with Crippen LogP contribution in [0.1, 0.15) is 27.6 Å². The van der Waals surface area contributed by atoms with Crippen LogP contribution < -0.4 is 0 Å². The molecule has 0 saturated heterocycles. The molecule has 0 N–H and O–H groups in total. The third-order valence-corrected chi connectivity index (χ3v) is 3.06. The van der Waals surface area contributed by atoms with E-state index in [1.54, 1.807) is 36.4 Å². The molecule has 1 aliphatic heterocycles. The monoisotopic (exact) mass is 248 g/mol. The van der Waals surface area contributed by atoms with E-state index < -0.39 is 0 Å². The molecular weight excluding hydrogens is 232 g/mol. The number of fused-ring (bicyclic) bond motifs is 1. The van der Waals surface area contributed by atoms with Gasteiger partial charge in [0.25, 0.3) is 11.8 Å². The highest BCUT2D eigenvalue weighted by molar-refractivity contribution is 6.21. The SMILES string of the molecule is CCN(CCN1C(=O)c2ccccc2C1=O)OC. The van der Waals surface area contributed by atoms with Gasteiger partial charge in [-0.3, -0.25) is 14.5 Å². The van der Waals surface area contributed by atoms with E-state index >= 15 is 0 Å². The second-order valence-electron chi connectivity index (χ2n) is 4.01. The molecule has 0 aromatic heterocycles. The molecule has 2 rings (SSSR count). The standard InChI is InChI=1S/C13H16N2O3/c1-3-14(18-2)8-9-15-12(16)10-6-4-5-7-11(10)13(15)17/h4-7H,3,8-9H2,1-2H3. The van der Waals surface area contributed by atoms with Gasteiger partial charge in [0.05, 0.1) is 18.2 Å². The first kappa shape index (κ1) is 12.7. The Bertz CT molecular complexity index is 434. The number of hydroxylamine groups is 2. The zero-order chi connectivity index (χ0) is 13.1. The highest BCUT2D eigenvalue weighted by Crippen LogP contribution is 2.21. The molecule has 0 fully saturated rings. The first-order chi connectivity index (χ1) is 8.69. The van der Waals surface area contributed by atoms with Crippen molar-refractivity contribution >= 4 is 11.8 Å². The first-order valence-corrected chi connectivity index (χ1v) is 5.93. The molecule has 1 aromatic carbocycles. The fourth-order valence-electron chi connectivity index (χ4n) is 2.03. The lowest BCUT2D eigenvalue weighted by atomic mass is 10.1. The molecule has 18 heavy (non-hydrogen) atoms. The van der Waals surface area contributed by atoms with Crippen molar-refractivity contribution in [1.29, 1.82) is 0 Å². The van der Waals surface area contributed by atoms with E-state index in [9.17, 15) is 9.59 Å². The average molecular weight is 248 g/mol. The summed E-state index contributed by atoms with van der Waals surface area (Å²) in [5.41, 5.74) is 0.978. The molecule has 0 atom stereocenters. The van der Waals surface area contributed by atoms with Crippen molar-refractivity contribution in [2.45, 2.75) is 6.92 Å². The minimum atomic E-state index is -0.220. The molecular formula is C13H16N2O3. The second kappa shape index (κ2) is 5.29. The summed E-state index contributed by atoms with van der Waals surface area (Å²) in [5, 5.41) is 1.70. The summed E-state index contributed by atoms with van der Waals surface area (Å²) in [7, 11) is 1.58. The molecule has 1 aliphatic rings. The van der Waals surface area contributed by atoms with Crippen LogP contribution in [0.15, 0.2) is 24.3 Å². The summed E-state index contributed by atoms with van der Waals surface area (Å²) < 4.78 is 0. The Hall–Kier alpha value is -1.72. The zero-order valence-corrected chi connectivity index (χ0v) is 10.5. The summed E-state index contributed by atoms with van der Waals surface area (Å²) in [5.74, 6) is -0.439. The number of benzene rings is 1. The van der Waals surface area contributed by atoms with Gasteiger partial charge in [0, 0.05) is 19.6 Å². The van der Waals surface area contributed by atoms with Crippen LogP contribution in [0.3, 0.4) is 0 Å². The number of nitrogens with zero attached hydrogens (tertiary/aromatic N) is 2. The van der Waals surface area contributed by atoms with Gasteiger partial charge in [0.15, 0.2) is 0 Å². The molecule has 0 bridgehead atoms. The number of carbonyl (C=O) groups is 2. The Kier molecular flexibility index (Phi) is 3.74. The lowest BCUT2D eigenvalue weighted by molar-refractivity contribution is -0.128. The maximum atomic E-state index is 12.0. The first-order valence-electron chi connectivity index (χ1n) is 5.93. The van der Waals surface area contributed by atoms with E-state index in [2.05, 4.69) is 0 Å².